The average molecular weight is 246 g/mol. The molecule has 0 aliphatic carbocycles. The van der Waals surface area contributed by atoms with Crippen LogP contribution in [0.2, 0.25) is 0 Å². The summed E-state index contributed by atoms with van der Waals surface area (Å²) in [6.45, 7) is 8.81. The van der Waals surface area contributed by atoms with Gasteiger partial charge in [0.2, 0.25) is 0 Å². The fourth-order valence-corrected chi connectivity index (χ4v) is 3.28. The molecule has 2 atom stereocenters. The van der Waals surface area contributed by atoms with Crippen molar-refractivity contribution >= 4 is 0 Å². The molecule has 0 saturated carbocycles. The van der Waals surface area contributed by atoms with Gasteiger partial charge in [0.05, 0.1) is 0 Å². The standard InChI is InChI=1S/C16H26N2/c1-12(2)10-13(3)18-9-8-14-6-4-5-7-15(14)16(18)11-17/h4-7,12-13,16H,8-11,17H2,1-3H3. The fraction of sp³-hybridized carbons (Fsp3) is 0.625. The Bertz CT molecular complexity index is 386. The van der Waals surface area contributed by atoms with Gasteiger partial charge in [0.25, 0.3) is 0 Å². The van der Waals surface area contributed by atoms with Gasteiger partial charge >= 0.3 is 0 Å². The maximum Gasteiger partial charge on any atom is 0.0476 e. The van der Waals surface area contributed by atoms with Crippen LogP contribution in [-0.4, -0.2) is 24.0 Å². The summed E-state index contributed by atoms with van der Waals surface area (Å²) in [5.74, 6) is 0.746. The van der Waals surface area contributed by atoms with E-state index in [1.54, 1.807) is 0 Å². The highest BCUT2D eigenvalue weighted by atomic mass is 15.2. The Hall–Kier alpha value is -0.860. The molecule has 0 fully saturated rings. The van der Waals surface area contributed by atoms with Crippen LogP contribution in [0.25, 0.3) is 0 Å². The lowest BCUT2D eigenvalue weighted by molar-refractivity contribution is 0.122. The maximum absolute atomic E-state index is 6.04. The van der Waals surface area contributed by atoms with Crippen molar-refractivity contribution in [3.8, 4) is 0 Å². The molecule has 1 heterocycles. The zero-order chi connectivity index (χ0) is 13.1. The molecule has 2 unspecified atom stereocenters. The smallest absolute Gasteiger partial charge is 0.0476 e. The van der Waals surface area contributed by atoms with Crippen LogP contribution < -0.4 is 5.73 Å². The summed E-state index contributed by atoms with van der Waals surface area (Å²) in [5, 5.41) is 0. The van der Waals surface area contributed by atoms with Crippen molar-refractivity contribution in [2.24, 2.45) is 11.7 Å². The van der Waals surface area contributed by atoms with Crippen LogP contribution in [0, 0.1) is 5.92 Å². The van der Waals surface area contributed by atoms with Crippen LogP contribution in [0.1, 0.15) is 44.4 Å². The first-order chi connectivity index (χ1) is 8.63. The van der Waals surface area contributed by atoms with Crippen LogP contribution in [0.5, 0.6) is 0 Å². The summed E-state index contributed by atoms with van der Waals surface area (Å²) >= 11 is 0. The molecule has 1 aliphatic heterocycles. The third kappa shape index (κ3) is 2.76. The lowest BCUT2D eigenvalue weighted by atomic mass is 9.90. The lowest BCUT2D eigenvalue weighted by Gasteiger charge is -2.41. The van der Waals surface area contributed by atoms with Crippen molar-refractivity contribution < 1.29 is 0 Å². The van der Waals surface area contributed by atoms with Gasteiger partial charge in [-0.05, 0) is 36.8 Å². The van der Waals surface area contributed by atoms with Gasteiger partial charge in [0, 0.05) is 25.2 Å². The van der Waals surface area contributed by atoms with E-state index in [4.69, 9.17) is 5.73 Å². The highest BCUT2D eigenvalue weighted by Crippen LogP contribution is 2.31. The van der Waals surface area contributed by atoms with Crippen LogP contribution in [0.4, 0.5) is 0 Å². The predicted octanol–water partition coefficient (Wildman–Crippen LogP) is 2.98. The molecule has 0 amide bonds. The van der Waals surface area contributed by atoms with E-state index in [1.165, 1.54) is 17.5 Å². The van der Waals surface area contributed by atoms with E-state index in [9.17, 15) is 0 Å². The molecule has 2 rings (SSSR count). The summed E-state index contributed by atoms with van der Waals surface area (Å²) in [7, 11) is 0. The Morgan fingerprint density at radius 3 is 2.67 bits per heavy atom. The van der Waals surface area contributed by atoms with Gasteiger partial charge in [0.15, 0.2) is 0 Å². The Morgan fingerprint density at radius 2 is 2.00 bits per heavy atom. The van der Waals surface area contributed by atoms with Crippen molar-refractivity contribution in [2.75, 3.05) is 13.1 Å². The molecule has 0 aromatic heterocycles. The second kappa shape index (κ2) is 5.85. The minimum Gasteiger partial charge on any atom is -0.329 e. The Labute approximate surface area is 111 Å². The zero-order valence-electron chi connectivity index (χ0n) is 11.9. The molecular formula is C16H26N2. The van der Waals surface area contributed by atoms with E-state index in [1.807, 2.05) is 0 Å². The molecule has 1 aromatic carbocycles. The average Bonchev–Trinajstić information content (AvgIpc) is 2.36. The highest BCUT2D eigenvalue weighted by molar-refractivity contribution is 5.32. The first-order valence-corrected chi connectivity index (χ1v) is 7.17. The molecule has 2 N–H and O–H groups in total. The van der Waals surface area contributed by atoms with Gasteiger partial charge in [0.1, 0.15) is 0 Å². The highest BCUT2D eigenvalue weighted by Gasteiger charge is 2.29. The summed E-state index contributed by atoms with van der Waals surface area (Å²) in [6, 6.07) is 9.80. The molecule has 0 spiro atoms. The predicted molar refractivity (Wildman–Crippen MR) is 77.6 cm³/mol. The molecule has 0 bridgehead atoms. The van der Waals surface area contributed by atoms with Crippen LogP contribution in [-0.2, 0) is 6.42 Å². The first kappa shape index (κ1) is 13.6. The minimum absolute atomic E-state index is 0.406. The van der Waals surface area contributed by atoms with Crippen LogP contribution in [0.3, 0.4) is 0 Å². The van der Waals surface area contributed by atoms with E-state index in [2.05, 4.69) is 49.9 Å². The molecule has 0 radical (unpaired) electrons. The molecule has 18 heavy (non-hydrogen) atoms. The summed E-state index contributed by atoms with van der Waals surface area (Å²) in [5.41, 5.74) is 8.97. The normalized spacial score (nSPS) is 21.9. The first-order valence-electron chi connectivity index (χ1n) is 7.17. The Balaban J connectivity index is 2.20. The van der Waals surface area contributed by atoms with Gasteiger partial charge < -0.3 is 5.73 Å². The third-order valence-electron chi connectivity index (χ3n) is 4.06. The summed E-state index contributed by atoms with van der Waals surface area (Å²) < 4.78 is 0. The summed E-state index contributed by atoms with van der Waals surface area (Å²) in [4.78, 5) is 2.60. The summed E-state index contributed by atoms with van der Waals surface area (Å²) in [6.07, 6.45) is 2.41. The fourth-order valence-electron chi connectivity index (χ4n) is 3.28. The van der Waals surface area contributed by atoms with Crippen molar-refractivity contribution in [3.63, 3.8) is 0 Å². The van der Waals surface area contributed by atoms with Crippen molar-refractivity contribution in [1.29, 1.82) is 0 Å². The molecular weight excluding hydrogens is 220 g/mol. The number of rotatable bonds is 4. The number of fused-ring (bicyclic) bond motifs is 1. The maximum atomic E-state index is 6.04. The largest absolute Gasteiger partial charge is 0.329 e. The quantitative estimate of drug-likeness (QED) is 0.885. The lowest BCUT2D eigenvalue weighted by Crippen LogP contribution is -2.44. The van der Waals surface area contributed by atoms with Gasteiger partial charge in [-0.2, -0.15) is 0 Å². The van der Waals surface area contributed by atoms with Crippen LogP contribution >= 0.6 is 0 Å². The van der Waals surface area contributed by atoms with Crippen molar-refractivity contribution in [2.45, 2.75) is 45.7 Å². The number of benzene rings is 1. The zero-order valence-corrected chi connectivity index (χ0v) is 11.9. The molecule has 2 nitrogen and oxygen atoms in total. The molecule has 1 aliphatic rings. The Morgan fingerprint density at radius 1 is 1.28 bits per heavy atom. The number of nitrogens with two attached hydrogens (primary N) is 1. The van der Waals surface area contributed by atoms with E-state index in [0.717, 1.165) is 25.4 Å². The van der Waals surface area contributed by atoms with E-state index in [0.29, 0.717) is 12.1 Å². The van der Waals surface area contributed by atoms with E-state index >= 15 is 0 Å². The van der Waals surface area contributed by atoms with Gasteiger partial charge in [-0.3, -0.25) is 4.90 Å². The van der Waals surface area contributed by atoms with E-state index < -0.39 is 0 Å². The second-order valence-electron chi connectivity index (χ2n) is 5.92. The van der Waals surface area contributed by atoms with Crippen molar-refractivity contribution in [3.05, 3.63) is 35.4 Å². The number of nitrogens with zero attached hydrogens (tertiary/aromatic N) is 1. The number of hydrogen-bond donors (Lipinski definition) is 1. The SMILES string of the molecule is CC(C)CC(C)N1CCc2ccccc2C1CN. The van der Waals surface area contributed by atoms with Crippen LogP contribution in [0.15, 0.2) is 24.3 Å². The van der Waals surface area contributed by atoms with Gasteiger partial charge in [-0.25, -0.2) is 0 Å². The molecule has 100 valence electrons. The topological polar surface area (TPSA) is 29.3 Å². The number of hydrogen-bond acceptors (Lipinski definition) is 2. The minimum atomic E-state index is 0.406. The monoisotopic (exact) mass is 246 g/mol. The van der Waals surface area contributed by atoms with Crippen molar-refractivity contribution in [1.82, 2.24) is 4.90 Å². The van der Waals surface area contributed by atoms with Gasteiger partial charge in [-0.15, -0.1) is 0 Å². The molecule has 2 heteroatoms. The van der Waals surface area contributed by atoms with Gasteiger partial charge in [-0.1, -0.05) is 38.1 Å². The second-order valence-corrected chi connectivity index (χ2v) is 5.92. The molecule has 1 aromatic rings. The Kier molecular flexibility index (Phi) is 4.41. The van der Waals surface area contributed by atoms with E-state index in [-0.39, 0.29) is 0 Å². The third-order valence-corrected chi connectivity index (χ3v) is 4.06. The molecule has 0 saturated heterocycles.